The highest BCUT2D eigenvalue weighted by molar-refractivity contribution is 5.15. The molecule has 0 aromatic carbocycles. The molecule has 5 fully saturated rings. The molecule has 4 atom stereocenters. The van der Waals surface area contributed by atoms with Crippen molar-refractivity contribution < 1.29 is 9.84 Å². The highest BCUT2D eigenvalue weighted by Crippen LogP contribution is 2.72. The van der Waals surface area contributed by atoms with Crippen LogP contribution in [0.3, 0.4) is 0 Å². The minimum atomic E-state index is -0.597. The molecular weight excluding hydrogens is 284 g/mol. The zero-order valence-corrected chi connectivity index (χ0v) is 15.8. The van der Waals surface area contributed by atoms with E-state index in [1.807, 2.05) is 0 Å². The predicted molar refractivity (Wildman–Crippen MR) is 92.9 cm³/mol. The van der Waals surface area contributed by atoms with E-state index in [9.17, 15) is 5.11 Å². The Morgan fingerprint density at radius 2 is 1.70 bits per heavy atom. The first kappa shape index (κ1) is 16.4. The quantitative estimate of drug-likeness (QED) is 0.686. The maximum atomic E-state index is 11.1. The first-order chi connectivity index (χ1) is 10.7. The highest BCUT2D eigenvalue weighted by Gasteiger charge is 2.68. The van der Waals surface area contributed by atoms with Gasteiger partial charge in [0, 0.05) is 10.8 Å². The molecule has 1 N–H and O–H groups in total. The summed E-state index contributed by atoms with van der Waals surface area (Å²) in [5.41, 5.74) is 0.364. The molecule has 5 aliphatic rings. The average Bonchev–Trinajstić information content (AvgIpc) is 2.75. The molecule has 4 bridgehead atoms. The molecule has 23 heavy (non-hydrogen) atoms. The van der Waals surface area contributed by atoms with Gasteiger partial charge >= 0.3 is 0 Å². The fraction of sp³-hybridized carbons (Fsp3) is 1.00. The van der Waals surface area contributed by atoms with Crippen molar-refractivity contribution in [3.63, 3.8) is 0 Å². The van der Waals surface area contributed by atoms with Crippen LogP contribution in [0.2, 0.25) is 0 Å². The van der Waals surface area contributed by atoms with Gasteiger partial charge in [0.05, 0.1) is 5.60 Å². The van der Waals surface area contributed by atoms with Crippen molar-refractivity contribution in [2.75, 3.05) is 0 Å². The summed E-state index contributed by atoms with van der Waals surface area (Å²) < 4.78 is 6.57. The summed E-state index contributed by atoms with van der Waals surface area (Å²) >= 11 is 0. The third kappa shape index (κ3) is 2.06. The lowest BCUT2D eigenvalue weighted by atomic mass is 9.65. The second kappa shape index (κ2) is 4.75. The lowest BCUT2D eigenvalue weighted by Gasteiger charge is -2.48. The lowest BCUT2D eigenvalue weighted by molar-refractivity contribution is -0.252. The van der Waals surface area contributed by atoms with Gasteiger partial charge in [0.15, 0.2) is 6.29 Å². The summed E-state index contributed by atoms with van der Waals surface area (Å²) in [6, 6.07) is 0. The van der Waals surface area contributed by atoms with E-state index in [1.54, 1.807) is 0 Å². The number of aliphatic hydroxyl groups excluding tert-OH is 1. The highest BCUT2D eigenvalue weighted by atomic mass is 16.6. The van der Waals surface area contributed by atoms with E-state index in [0.29, 0.717) is 5.41 Å². The number of hydrogen-bond donors (Lipinski definition) is 1. The SMILES string of the molecule is CCCC1(C(O)OC(C)(C)C23CC4CC(CC2C4)C3)CC1(C)C. The second-order valence-corrected chi connectivity index (χ2v) is 10.6. The molecule has 0 aliphatic heterocycles. The van der Waals surface area contributed by atoms with Gasteiger partial charge in [-0.2, -0.15) is 0 Å². The Morgan fingerprint density at radius 3 is 2.17 bits per heavy atom. The van der Waals surface area contributed by atoms with Crippen LogP contribution in [0.4, 0.5) is 0 Å². The normalized spacial score (nSPS) is 48.0. The van der Waals surface area contributed by atoms with Gasteiger partial charge in [0.1, 0.15) is 0 Å². The van der Waals surface area contributed by atoms with Crippen LogP contribution < -0.4 is 0 Å². The lowest BCUT2D eigenvalue weighted by Crippen LogP contribution is -2.50. The van der Waals surface area contributed by atoms with E-state index >= 15 is 0 Å². The monoisotopic (exact) mass is 320 g/mol. The number of hydrogen-bond acceptors (Lipinski definition) is 2. The van der Waals surface area contributed by atoms with Crippen molar-refractivity contribution in [2.24, 2.45) is 34.0 Å². The Balaban J connectivity index is 1.54. The van der Waals surface area contributed by atoms with Crippen LogP contribution in [0, 0.1) is 34.0 Å². The Morgan fingerprint density at radius 1 is 1.13 bits per heavy atom. The Bertz CT molecular complexity index is 480. The average molecular weight is 321 g/mol. The minimum Gasteiger partial charge on any atom is -0.367 e. The summed E-state index contributed by atoms with van der Waals surface area (Å²) in [6.07, 6.45) is 9.71. The topological polar surface area (TPSA) is 29.5 Å². The van der Waals surface area contributed by atoms with Gasteiger partial charge in [0.25, 0.3) is 0 Å². The van der Waals surface area contributed by atoms with E-state index in [1.165, 1.54) is 32.1 Å². The summed E-state index contributed by atoms with van der Waals surface area (Å²) in [5, 5.41) is 11.1. The molecule has 2 heteroatoms. The molecule has 0 aromatic rings. The zero-order chi connectivity index (χ0) is 16.7. The summed E-state index contributed by atoms with van der Waals surface area (Å²) in [7, 11) is 0. The summed E-state index contributed by atoms with van der Waals surface area (Å²) in [4.78, 5) is 0. The molecule has 5 rings (SSSR count). The van der Waals surface area contributed by atoms with Crippen molar-refractivity contribution in [1.82, 2.24) is 0 Å². The summed E-state index contributed by atoms with van der Waals surface area (Å²) in [6.45, 7) is 11.4. The van der Waals surface area contributed by atoms with E-state index < -0.39 is 6.29 Å². The third-order valence-corrected chi connectivity index (χ3v) is 8.74. The van der Waals surface area contributed by atoms with E-state index in [0.717, 1.165) is 37.0 Å². The van der Waals surface area contributed by atoms with Gasteiger partial charge in [-0.3, -0.25) is 0 Å². The van der Waals surface area contributed by atoms with Gasteiger partial charge in [-0.15, -0.1) is 0 Å². The van der Waals surface area contributed by atoms with Crippen molar-refractivity contribution in [3.8, 4) is 0 Å². The zero-order valence-electron chi connectivity index (χ0n) is 15.8. The largest absolute Gasteiger partial charge is 0.367 e. The second-order valence-electron chi connectivity index (χ2n) is 10.6. The van der Waals surface area contributed by atoms with Crippen molar-refractivity contribution in [3.05, 3.63) is 0 Å². The number of rotatable bonds is 6. The standard InChI is InChI=1S/C21H36O2/c1-6-7-20(13-18(20,2)3)17(22)23-19(4,5)21-11-14-8-15(12-21)10-16(21)9-14/h14-17,22H,6-13H2,1-5H3. The molecule has 4 unspecified atom stereocenters. The smallest absolute Gasteiger partial charge is 0.161 e. The molecule has 0 spiro atoms. The maximum Gasteiger partial charge on any atom is 0.161 e. The fourth-order valence-electron chi connectivity index (χ4n) is 7.45. The maximum absolute atomic E-state index is 11.1. The van der Waals surface area contributed by atoms with Crippen molar-refractivity contribution in [1.29, 1.82) is 0 Å². The van der Waals surface area contributed by atoms with Crippen LogP contribution in [-0.4, -0.2) is 17.0 Å². The molecule has 2 nitrogen and oxygen atoms in total. The Labute approximate surface area is 142 Å². The molecule has 132 valence electrons. The molecule has 5 aliphatic carbocycles. The van der Waals surface area contributed by atoms with E-state index in [4.69, 9.17) is 4.74 Å². The molecule has 0 heterocycles. The minimum absolute atomic E-state index is 0.00865. The van der Waals surface area contributed by atoms with Gasteiger partial charge in [0.2, 0.25) is 0 Å². The van der Waals surface area contributed by atoms with Crippen LogP contribution in [0.5, 0.6) is 0 Å². The number of aliphatic hydroxyl groups is 1. The van der Waals surface area contributed by atoms with Gasteiger partial charge < -0.3 is 9.84 Å². The van der Waals surface area contributed by atoms with Gasteiger partial charge in [-0.1, -0.05) is 27.2 Å². The van der Waals surface area contributed by atoms with Crippen LogP contribution >= 0.6 is 0 Å². The van der Waals surface area contributed by atoms with Crippen LogP contribution in [-0.2, 0) is 4.74 Å². The van der Waals surface area contributed by atoms with E-state index in [-0.39, 0.29) is 16.4 Å². The molecule has 0 radical (unpaired) electrons. The molecule has 5 saturated carbocycles. The number of ether oxygens (including phenoxy) is 1. The molecule has 0 aromatic heterocycles. The van der Waals surface area contributed by atoms with Crippen LogP contribution in [0.15, 0.2) is 0 Å². The third-order valence-electron chi connectivity index (χ3n) is 8.74. The molecule has 0 saturated heterocycles. The fourth-order valence-corrected chi connectivity index (χ4v) is 7.45. The Hall–Kier alpha value is -0.0800. The first-order valence-corrected chi connectivity index (χ1v) is 10.0. The van der Waals surface area contributed by atoms with Crippen LogP contribution in [0.1, 0.15) is 86.0 Å². The Kier molecular flexibility index (Phi) is 3.39. The molecular formula is C21H36O2. The summed E-state index contributed by atoms with van der Waals surface area (Å²) in [5.74, 6) is 2.73. The van der Waals surface area contributed by atoms with Crippen LogP contribution in [0.25, 0.3) is 0 Å². The van der Waals surface area contributed by atoms with Crippen molar-refractivity contribution in [2.45, 2.75) is 97.9 Å². The van der Waals surface area contributed by atoms with E-state index in [2.05, 4.69) is 34.6 Å². The van der Waals surface area contributed by atoms with Crippen molar-refractivity contribution >= 4 is 0 Å². The predicted octanol–water partition coefficient (Wildman–Crippen LogP) is 5.14. The van der Waals surface area contributed by atoms with Gasteiger partial charge in [-0.25, -0.2) is 0 Å². The first-order valence-electron chi connectivity index (χ1n) is 10.0. The van der Waals surface area contributed by atoms with Gasteiger partial charge in [-0.05, 0) is 82.0 Å². The molecule has 0 amide bonds.